The molecule has 2 N–H and O–H groups in total. The first-order chi connectivity index (χ1) is 11.4. The molecule has 1 atom stereocenters. The van der Waals surface area contributed by atoms with Gasteiger partial charge in [0.25, 0.3) is 0 Å². The molecule has 1 heterocycles. The van der Waals surface area contributed by atoms with Crippen LogP contribution >= 0.6 is 0 Å². The van der Waals surface area contributed by atoms with Gasteiger partial charge in [-0.1, -0.05) is 24.3 Å². The van der Waals surface area contributed by atoms with E-state index >= 15 is 0 Å². The molecule has 5 heteroatoms. The lowest BCUT2D eigenvalue weighted by molar-refractivity contribution is -0.0149. The van der Waals surface area contributed by atoms with Crippen molar-refractivity contribution in [3.8, 4) is 0 Å². The molecule has 0 unspecified atom stereocenters. The van der Waals surface area contributed by atoms with Gasteiger partial charge in [-0.3, -0.25) is 0 Å². The van der Waals surface area contributed by atoms with E-state index in [0.29, 0.717) is 19.7 Å². The van der Waals surface area contributed by atoms with Crippen LogP contribution in [0.15, 0.2) is 24.3 Å². The van der Waals surface area contributed by atoms with Crippen LogP contribution in [0.3, 0.4) is 0 Å². The van der Waals surface area contributed by atoms with Crippen LogP contribution in [0.5, 0.6) is 0 Å². The third kappa shape index (κ3) is 6.13. The summed E-state index contributed by atoms with van der Waals surface area (Å²) in [6, 6.07) is 8.05. The molecule has 1 saturated heterocycles. The summed E-state index contributed by atoms with van der Waals surface area (Å²) >= 11 is 0. The van der Waals surface area contributed by atoms with Gasteiger partial charge < -0.3 is 20.1 Å². The molecular formula is C19H30N2O3. The summed E-state index contributed by atoms with van der Waals surface area (Å²) in [7, 11) is 0. The van der Waals surface area contributed by atoms with E-state index in [9.17, 15) is 9.90 Å². The maximum atomic E-state index is 12.3. The smallest absolute Gasteiger partial charge is 0.317 e. The van der Waals surface area contributed by atoms with E-state index in [4.69, 9.17) is 4.74 Å². The largest absolute Gasteiger partial charge is 0.396 e. The van der Waals surface area contributed by atoms with E-state index in [1.165, 1.54) is 0 Å². The van der Waals surface area contributed by atoms with Crippen LogP contribution < -0.4 is 5.32 Å². The second kappa shape index (κ2) is 8.49. The van der Waals surface area contributed by atoms with Crippen LogP contribution in [-0.4, -0.2) is 41.3 Å². The van der Waals surface area contributed by atoms with Crippen molar-refractivity contribution in [1.29, 1.82) is 0 Å². The fourth-order valence-electron chi connectivity index (χ4n) is 2.82. The number of urea groups is 1. The molecule has 0 saturated carbocycles. The summed E-state index contributed by atoms with van der Waals surface area (Å²) in [5, 5.41) is 12.2. The molecule has 0 aliphatic carbocycles. The maximum Gasteiger partial charge on any atom is 0.317 e. The zero-order valence-electron chi connectivity index (χ0n) is 15.0. The molecule has 0 bridgehead atoms. The van der Waals surface area contributed by atoms with Crippen molar-refractivity contribution < 1.29 is 14.6 Å². The SMILES string of the molecule is CC(C)(C)OCc1cccc(CNC(=O)N2CCC[C@H](CO)C2)c1. The van der Waals surface area contributed by atoms with E-state index in [1.54, 1.807) is 4.90 Å². The van der Waals surface area contributed by atoms with Crippen LogP contribution in [-0.2, 0) is 17.9 Å². The van der Waals surface area contributed by atoms with Crippen molar-refractivity contribution in [3.05, 3.63) is 35.4 Å². The minimum Gasteiger partial charge on any atom is -0.396 e. The zero-order valence-corrected chi connectivity index (χ0v) is 15.0. The predicted octanol–water partition coefficient (Wildman–Crippen LogP) is 2.92. The number of likely N-dealkylation sites (tertiary alicyclic amines) is 1. The number of nitrogens with one attached hydrogen (secondary N) is 1. The summed E-state index contributed by atoms with van der Waals surface area (Å²) in [4.78, 5) is 14.1. The van der Waals surface area contributed by atoms with Gasteiger partial charge in [-0.2, -0.15) is 0 Å². The molecule has 134 valence electrons. The van der Waals surface area contributed by atoms with Gasteiger partial charge in [-0.15, -0.1) is 0 Å². The third-order valence-corrected chi connectivity index (χ3v) is 4.17. The molecule has 0 radical (unpaired) electrons. The molecule has 2 rings (SSSR count). The Bertz CT molecular complexity index is 540. The van der Waals surface area contributed by atoms with E-state index in [1.807, 2.05) is 39.0 Å². The van der Waals surface area contributed by atoms with E-state index in [2.05, 4.69) is 11.4 Å². The van der Waals surface area contributed by atoms with Crippen molar-refractivity contribution >= 4 is 6.03 Å². The normalized spacial score (nSPS) is 18.5. The fraction of sp³-hybridized carbons (Fsp3) is 0.632. The molecule has 5 nitrogen and oxygen atoms in total. The van der Waals surface area contributed by atoms with Crippen molar-refractivity contribution in [3.63, 3.8) is 0 Å². The van der Waals surface area contributed by atoms with Crippen LogP contribution in [0.4, 0.5) is 4.79 Å². The quantitative estimate of drug-likeness (QED) is 0.870. The predicted molar refractivity (Wildman–Crippen MR) is 94.6 cm³/mol. The lowest BCUT2D eigenvalue weighted by atomic mass is 9.99. The molecule has 24 heavy (non-hydrogen) atoms. The van der Waals surface area contributed by atoms with Gasteiger partial charge in [0, 0.05) is 26.2 Å². The highest BCUT2D eigenvalue weighted by Crippen LogP contribution is 2.16. The minimum atomic E-state index is -0.165. The Kier molecular flexibility index (Phi) is 6.63. The van der Waals surface area contributed by atoms with Crippen molar-refractivity contribution in [2.45, 2.75) is 52.4 Å². The monoisotopic (exact) mass is 334 g/mol. The first-order valence-electron chi connectivity index (χ1n) is 8.73. The zero-order chi connectivity index (χ0) is 17.6. The van der Waals surface area contributed by atoms with Gasteiger partial charge in [-0.25, -0.2) is 4.79 Å². The molecule has 1 aromatic carbocycles. The van der Waals surface area contributed by atoms with Crippen LogP contribution in [0.25, 0.3) is 0 Å². The number of hydrogen-bond donors (Lipinski definition) is 2. The molecule has 1 aliphatic heterocycles. The van der Waals surface area contributed by atoms with Crippen LogP contribution in [0, 0.1) is 5.92 Å². The van der Waals surface area contributed by atoms with Crippen LogP contribution in [0.1, 0.15) is 44.7 Å². The molecule has 1 fully saturated rings. The maximum absolute atomic E-state index is 12.3. The average molecular weight is 334 g/mol. The van der Waals surface area contributed by atoms with Crippen LogP contribution in [0.2, 0.25) is 0 Å². The number of aliphatic hydroxyl groups excluding tert-OH is 1. The molecule has 1 aromatic rings. The molecule has 2 amide bonds. The Labute approximate surface area is 145 Å². The highest BCUT2D eigenvalue weighted by Gasteiger charge is 2.22. The minimum absolute atomic E-state index is 0.0514. The third-order valence-electron chi connectivity index (χ3n) is 4.17. The summed E-state index contributed by atoms with van der Waals surface area (Å²) in [5.41, 5.74) is 2.01. The van der Waals surface area contributed by atoms with E-state index in [0.717, 1.165) is 30.5 Å². The number of carbonyl (C=O) groups excluding carboxylic acids is 1. The highest BCUT2D eigenvalue weighted by atomic mass is 16.5. The number of nitrogens with zero attached hydrogens (tertiary/aromatic N) is 1. The second-order valence-electron chi connectivity index (χ2n) is 7.52. The van der Waals surface area contributed by atoms with Crippen molar-refractivity contribution in [1.82, 2.24) is 10.2 Å². The van der Waals surface area contributed by atoms with Gasteiger partial charge in [0.2, 0.25) is 0 Å². The number of ether oxygens (including phenoxy) is 1. The van der Waals surface area contributed by atoms with E-state index < -0.39 is 0 Å². The number of piperidine rings is 1. The Morgan fingerprint density at radius 3 is 2.83 bits per heavy atom. The summed E-state index contributed by atoms with van der Waals surface area (Å²) < 4.78 is 5.80. The summed E-state index contributed by atoms with van der Waals surface area (Å²) in [6.07, 6.45) is 1.95. The molecular weight excluding hydrogens is 304 g/mol. The highest BCUT2D eigenvalue weighted by molar-refractivity contribution is 5.74. The lowest BCUT2D eigenvalue weighted by Crippen LogP contribution is -2.45. The number of aliphatic hydroxyl groups is 1. The lowest BCUT2D eigenvalue weighted by Gasteiger charge is -2.31. The first kappa shape index (κ1) is 18.7. The Balaban J connectivity index is 1.84. The second-order valence-corrected chi connectivity index (χ2v) is 7.52. The Morgan fingerprint density at radius 2 is 2.12 bits per heavy atom. The molecule has 0 spiro atoms. The number of amides is 2. The Morgan fingerprint density at radius 1 is 1.38 bits per heavy atom. The number of benzene rings is 1. The fourth-order valence-corrected chi connectivity index (χ4v) is 2.82. The average Bonchev–Trinajstić information content (AvgIpc) is 2.57. The van der Waals surface area contributed by atoms with E-state index in [-0.39, 0.29) is 24.2 Å². The van der Waals surface area contributed by atoms with Crippen molar-refractivity contribution in [2.75, 3.05) is 19.7 Å². The van der Waals surface area contributed by atoms with Crippen molar-refractivity contribution in [2.24, 2.45) is 5.92 Å². The standard InChI is InChI=1S/C19H30N2O3/c1-19(2,3)24-14-16-7-4-6-15(10-16)11-20-18(23)21-9-5-8-17(12-21)13-22/h4,6-7,10,17,22H,5,8-9,11-14H2,1-3H3,(H,20,23)/t17-/m0/s1. The number of rotatable bonds is 5. The summed E-state index contributed by atoms with van der Waals surface area (Å²) in [5.74, 6) is 0.211. The Hall–Kier alpha value is -1.59. The molecule has 1 aliphatic rings. The van der Waals surface area contributed by atoms with Gasteiger partial charge in [0.1, 0.15) is 0 Å². The van der Waals surface area contributed by atoms with Gasteiger partial charge in [-0.05, 0) is 50.7 Å². The summed E-state index contributed by atoms with van der Waals surface area (Å²) in [6.45, 7) is 8.74. The van der Waals surface area contributed by atoms with Gasteiger partial charge >= 0.3 is 6.03 Å². The van der Waals surface area contributed by atoms with Gasteiger partial charge in [0.05, 0.1) is 12.2 Å². The topological polar surface area (TPSA) is 61.8 Å². The number of carbonyl (C=O) groups is 1. The number of hydrogen-bond acceptors (Lipinski definition) is 3. The van der Waals surface area contributed by atoms with Gasteiger partial charge in [0.15, 0.2) is 0 Å². The first-order valence-corrected chi connectivity index (χ1v) is 8.73. The molecule has 0 aromatic heterocycles.